The quantitative estimate of drug-likeness (QED) is 0.0773. The second-order valence-corrected chi connectivity index (χ2v) is 17.3. The van der Waals surface area contributed by atoms with E-state index in [1.165, 1.54) is 9.21 Å². The third-order valence-electron chi connectivity index (χ3n) is 7.63. The molecule has 0 saturated heterocycles. The minimum absolute atomic E-state index is 0.259. The van der Waals surface area contributed by atoms with Gasteiger partial charge in [-0.25, -0.2) is 0 Å². The van der Waals surface area contributed by atoms with Gasteiger partial charge in [-0.05, 0) is 146 Å². The van der Waals surface area contributed by atoms with Gasteiger partial charge in [0.05, 0.1) is 34.9 Å². The molecule has 57 heavy (non-hydrogen) atoms. The number of hydrogen-bond acceptors (Lipinski definition) is 15. The van der Waals surface area contributed by atoms with Gasteiger partial charge in [0, 0.05) is 26.3 Å². The van der Waals surface area contributed by atoms with Gasteiger partial charge in [0.2, 0.25) is 0 Å². The van der Waals surface area contributed by atoms with E-state index < -0.39 is 24.6 Å². The lowest BCUT2D eigenvalue weighted by Gasteiger charge is -2.43. The Labute approximate surface area is 330 Å². The molecule has 0 aliphatic carbocycles. The summed E-state index contributed by atoms with van der Waals surface area (Å²) >= 11 is 0. The van der Waals surface area contributed by atoms with Crippen LogP contribution in [0, 0.1) is 34.0 Å². The summed E-state index contributed by atoms with van der Waals surface area (Å²) in [5, 5.41) is 28.6. The van der Waals surface area contributed by atoms with Gasteiger partial charge < -0.3 is 45.0 Å². The van der Waals surface area contributed by atoms with Crippen LogP contribution >= 0.6 is 24.6 Å². The number of nitrogen functional groups attached to an aromatic ring is 3. The maximum atomic E-state index is 9.56. The van der Waals surface area contributed by atoms with Crippen molar-refractivity contribution >= 4 is 41.6 Å². The SMILES string of the molecule is N#Cc1ccc(OP2N=P(Oc3ccc(C#N)cc3)(Oc3ccc(C#N)cc3)N(Oc3ccc(N)cc3)P(Oc3ccc(N)cc3)N2Oc2ccc(N)cc2)cc1. The number of nitrogens with zero attached hydrogens (tertiary/aromatic N) is 6. The minimum atomic E-state index is -4.10. The van der Waals surface area contributed by atoms with Crippen LogP contribution in [0.25, 0.3) is 0 Å². The molecule has 282 valence electrons. The number of nitriles is 3. The molecular weight excluding hydrogens is 783 g/mol. The molecule has 2 unspecified atom stereocenters. The molecule has 6 N–H and O–H groups in total. The third-order valence-corrected chi connectivity index (χ3v) is 14.5. The molecule has 18 heteroatoms. The first-order valence-corrected chi connectivity index (χ1v) is 20.6. The average molecular weight is 814 g/mol. The van der Waals surface area contributed by atoms with Crippen molar-refractivity contribution in [1.82, 2.24) is 9.21 Å². The van der Waals surface area contributed by atoms with Gasteiger partial charge >= 0.3 is 24.6 Å². The topological polar surface area (TPSA) is 224 Å². The van der Waals surface area contributed by atoms with E-state index in [9.17, 15) is 15.8 Å². The molecule has 6 aromatic rings. The van der Waals surface area contributed by atoms with Crippen molar-refractivity contribution in [1.29, 1.82) is 15.8 Å². The van der Waals surface area contributed by atoms with E-state index in [0.29, 0.717) is 56.8 Å². The van der Waals surface area contributed by atoms with Gasteiger partial charge in [0.1, 0.15) is 34.5 Å². The van der Waals surface area contributed by atoms with E-state index in [1.807, 2.05) is 0 Å². The predicted octanol–water partition coefficient (Wildman–Crippen LogP) is 9.67. The zero-order valence-electron chi connectivity index (χ0n) is 29.6. The molecule has 0 saturated carbocycles. The maximum Gasteiger partial charge on any atom is 0.447 e. The normalized spacial score (nSPS) is 16.0. The van der Waals surface area contributed by atoms with Crippen LogP contribution in [-0.4, -0.2) is 9.21 Å². The van der Waals surface area contributed by atoms with Crippen molar-refractivity contribution in [2.24, 2.45) is 4.52 Å². The highest BCUT2D eigenvalue weighted by Crippen LogP contribution is 2.77. The summed E-state index contributed by atoms with van der Waals surface area (Å²) in [4.78, 5) is 13.3. The van der Waals surface area contributed by atoms with Crippen LogP contribution in [0.3, 0.4) is 0 Å². The van der Waals surface area contributed by atoms with Gasteiger partial charge in [-0.2, -0.15) is 15.8 Å². The van der Waals surface area contributed by atoms with Gasteiger partial charge in [0.15, 0.2) is 0 Å². The zero-order valence-corrected chi connectivity index (χ0v) is 32.2. The second-order valence-electron chi connectivity index (χ2n) is 11.8. The van der Waals surface area contributed by atoms with Crippen LogP contribution in [0.1, 0.15) is 16.7 Å². The highest BCUT2D eigenvalue weighted by atomic mass is 31.3. The zero-order chi connectivity index (χ0) is 39.8. The number of nitrogens with two attached hydrogens (primary N) is 3. The fraction of sp³-hybridized carbons (Fsp3) is 0. The van der Waals surface area contributed by atoms with Crippen molar-refractivity contribution in [2.45, 2.75) is 0 Å². The van der Waals surface area contributed by atoms with E-state index >= 15 is 0 Å². The number of rotatable bonds is 12. The summed E-state index contributed by atoms with van der Waals surface area (Å²) < 4.78 is 35.1. The Morgan fingerprint density at radius 3 is 1.23 bits per heavy atom. The van der Waals surface area contributed by atoms with Crippen molar-refractivity contribution in [3.63, 3.8) is 0 Å². The molecule has 0 bridgehead atoms. The monoisotopic (exact) mass is 813 g/mol. The van der Waals surface area contributed by atoms with E-state index in [4.69, 9.17) is 49.5 Å². The van der Waals surface area contributed by atoms with Crippen molar-refractivity contribution in [3.8, 4) is 52.7 Å². The smallest absolute Gasteiger partial charge is 0.440 e. The first-order valence-electron chi connectivity index (χ1n) is 16.7. The van der Waals surface area contributed by atoms with Crippen LogP contribution in [0.5, 0.6) is 34.5 Å². The molecule has 0 fully saturated rings. The van der Waals surface area contributed by atoms with E-state index in [1.54, 1.807) is 146 Å². The third kappa shape index (κ3) is 9.28. The maximum absolute atomic E-state index is 9.56. The highest BCUT2D eigenvalue weighted by Gasteiger charge is 2.58. The Kier molecular flexibility index (Phi) is 11.6. The number of benzene rings is 6. The Balaban J connectivity index is 1.49. The molecule has 1 heterocycles. The molecule has 1 aliphatic heterocycles. The standard InChI is InChI=1S/C39H30N9O6P3/c40-25-28-1-13-36(14-2-28)51-55-46-57(53-38-15-3-29(26-41)4-16-38,54-39-17-5-30(27-42)6-18-39)48(50-35-21-9-32(44)10-22-35)56(52-37-23-11-33(45)12-24-37)47(55)49-34-19-7-31(43)8-20-34/h1-24H,43-45H2. The Morgan fingerprint density at radius 2 is 0.807 bits per heavy atom. The number of hydrogen-bond donors (Lipinski definition) is 3. The van der Waals surface area contributed by atoms with Crippen molar-refractivity contribution in [3.05, 3.63) is 162 Å². The fourth-order valence-electron chi connectivity index (χ4n) is 4.81. The molecule has 0 radical (unpaired) electrons. The molecule has 1 aliphatic rings. The highest BCUT2D eigenvalue weighted by molar-refractivity contribution is 7.78. The van der Waals surface area contributed by atoms with Gasteiger partial charge in [0.25, 0.3) is 0 Å². The van der Waals surface area contributed by atoms with Crippen molar-refractivity contribution in [2.75, 3.05) is 17.2 Å². The summed E-state index contributed by atoms with van der Waals surface area (Å²) in [6.07, 6.45) is 0. The summed E-state index contributed by atoms with van der Waals surface area (Å²) in [5.41, 5.74) is 20.8. The van der Waals surface area contributed by atoms with Crippen LogP contribution in [0.15, 0.2) is 150 Å². The van der Waals surface area contributed by atoms with Crippen LogP contribution in [0.4, 0.5) is 17.1 Å². The fourth-order valence-corrected chi connectivity index (χ4v) is 12.3. The van der Waals surface area contributed by atoms with Gasteiger partial charge in [-0.3, -0.25) is 0 Å². The lowest BCUT2D eigenvalue weighted by Crippen LogP contribution is -2.37. The van der Waals surface area contributed by atoms with Gasteiger partial charge in [-0.1, -0.05) is 0 Å². The summed E-state index contributed by atoms with van der Waals surface area (Å²) in [5.74, 6) is 1.86. The minimum Gasteiger partial charge on any atom is -0.440 e. The molecular formula is C39H30N9O6P3. The molecule has 2 atom stereocenters. The molecule has 6 aromatic carbocycles. The Bertz CT molecular complexity index is 2450. The van der Waals surface area contributed by atoms with E-state index in [2.05, 4.69) is 18.2 Å². The molecule has 7 rings (SSSR count). The van der Waals surface area contributed by atoms with E-state index in [0.717, 1.165) is 0 Å². The molecule has 0 aromatic heterocycles. The first kappa shape index (κ1) is 38.3. The van der Waals surface area contributed by atoms with Gasteiger partial charge in [-0.15, -0.1) is 4.52 Å². The predicted molar refractivity (Wildman–Crippen MR) is 217 cm³/mol. The first-order chi connectivity index (χ1) is 27.7. The molecule has 0 amide bonds. The Morgan fingerprint density at radius 1 is 0.456 bits per heavy atom. The van der Waals surface area contributed by atoms with E-state index in [-0.39, 0.29) is 11.5 Å². The molecule has 0 spiro atoms. The molecule has 15 nitrogen and oxygen atoms in total. The van der Waals surface area contributed by atoms with Crippen molar-refractivity contribution < 1.29 is 27.8 Å². The van der Waals surface area contributed by atoms with Crippen LogP contribution < -0.4 is 45.0 Å². The summed E-state index contributed by atoms with van der Waals surface area (Å²) in [6, 6.07) is 45.6. The second kappa shape index (κ2) is 17.2. The Hall–Kier alpha value is -7.00. The number of anilines is 3. The largest absolute Gasteiger partial charge is 0.447 e. The van der Waals surface area contributed by atoms with Crippen LogP contribution in [0.2, 0.25) is 0 Å². The lowest BCUT2D eigenvalue weighted by molar-refractivity contribution is 0.0546. The summed E-state index contributed by atoms with van der Waals surface area (Å²) in [6.45, 7) is 0. The average Bonchev–Trinajstić information content (AvgIpc) is 3.23. The van der Waals surface area contributed by atoms with Crippen LogP contribution in [-0.2, 0) is 0 Å². The summed E-state index contributed by atoms with van der Waals surface area (Å²) in [7, 11) is -8.87. The lowest BCUT2D eigenvalue weighted by atomic mass is 10.2.